The molecule has 27 heavy (non-hydrogen) atoms. The number of carbonyl (C=O) groups excluding carboxylic acids is 2. The second-order valence-corrected chi connectivity index (χ2v) is 5.84. The molecule has 0 spiro atoms. The van der Waals surface area contributed by atoms with Crippen LogP contribution in [0.2, 0.25) is 0 Å². The first-order valence-electron chi connectivity index (χ1n) is 7.39. The molecule has 0 bridgehead atoms. The van der Waals surface area contributed by atoms with Gasteiger partial charge in [-0.25, -0.2) is 16.1 Å². The number of nitrogens with zero attached hydrogens (tertiary/aromatic N) is 1. The number of para-hydroxylation sites is 2. The molecule has 0 aliphatic heterocycles. The smallest absolute Gasteiger partial charge is 0.300 e. The number of nitrogens with one attached hydrogen (secondary N) is 2. The summed E-state index contributed by atoms with van der Waals surface area (Å²) in [4.78, 5) is 20.8. The zero-order valence-electron chi connectivity index (χ0n) is 14.7. The van der Waals surface area contributed by atoms with E-state index >= 15 is 0 Å². The summed E-state index contributed by atoms with van der Waals surface area (Å²) in [5.74, 6) is 5.25. The number of hydrazine groups is 2. The molecular weight excluding hydrogens is 376 g/mol. The highest BCUT2D eigenvalue weighted by atomic mass is 32.3. The highest BCUT2D eigenvalue weighted by Gasteiger charge is 2.10. The van der Waals surface area contributed by atoms with Gasteiger partial charge in [-0.15, -0.1) is 0 Å². The summed E-state index contributed by atoms with van der Waals surface area (Å²) in [7, 11) is -4.67. The molecular formula is C16H22N4O6S. The van der Waals surface area contributed by atoms with Crippen molar-refractivity contribution in [2.45, 2.75) is 13.8 Å². The number of Topliss-reactive ketones (excluding diaryl/α,β-unsaturated/α-hetero) is 1. The van der Waals surface area contributed by atoms with E-state index < -0.39 is 16.4 Å². The van der Waals surface area contributed by atoms with Gasteiger partial charge in [0.15, 0.2) is 0 Å². The normalized spacial score (nSPS) is 9.52. The van der Waals surface area contributed by atoms with E-state index in [1.807, 2.05) is 66.1 Å². The van der Waals surface area contributed by atoms with Crippen LogP contribution < -0.4 is 21.7 Å². The third kappa shape index (κ3) is 13.9. The minimum absolute atomic E-state index is 0.167. The zero-order valence-corrected chi connectivity index (χ0v) is 15.6. The molecule has 2 rings (SSSR count). The van der Waals surface area contributed by atoms with Crippen molar-refractivity contribution < 1.29 is 27.1 Å². The SMILES string of the molecule is CC(C)=O.NNC(=O)NN(c1ccccc1)c1ccccc1.O=S(=O)(O)O. The lowest BCUT2D eigenvalue weighted by Crippen LogP contribution is -2.47. The molecule has 2 aromatic rings. The predicted octanol–water partition coefficient (Wildman–Crippen LogP) is 1.86. The Morgan fingerprint density at radius 1 is 0.889 bits per heavy atom. The van der Waals surface area contributed by atoms with Crippen LogP contribution in [0.15, 0.2) is 60.7 Å². The van der Waals surface area contributed by atoms with Gasteiger partial charge in [0.25, 0.3) is 0 Å². The van der Waals surface area contributed by atoms with Crippen LogP contribution in [0.5, 0.6) is 0 Å². The van der Waals surface area contributed by atoms with Crippen molar-refractivity contribution in [2.75, 3.05) is 5.01 Å². The fourth-order valence-corrected chi connectivity index (χ4v) is 1.57. The minimum Gasteiger partial charge on any atom is -0.300 e. The van der Waals surface area contributed by atoms with Crippen LogP contribution in [0.1, 0.15) is 13.8 Å². The Balaban J connectivity index is 0.000000630. The number of benzene rings is 2. The van der Waals surface area contributed by atoms with Crippen LogP contribution in [0.25, 0.3) is 0 Å². The highest BCUT2D eigenvalue weighted by Crippen LogP contribution is 2.22. The van der Waals surface area contributed by atoms with Crippen LogP contribution in [0.3, 0.4) is 0 Å². The molecule has 0 aliphatic rings. The molecule has 2 amide bonds. The van der Waals surface area contributed by atoms with Crippen molar-refractivity contribution >= 4 is 33.6 Å². The molecule has 0 aliphatic carbocycles. The van der Waals surface area contributed by atoms with Crippen LogP contribution in [0, 0.1) is 0 Å². The van der Waals surface area contributed by atoms with E-state index in [-0.39, 0.29) is 5.78 Å². The largest absolute Gasteiger partial charge is 0.394 e. The molecule has 0 heterocycles. The third-order valence-electron chi connectivity index (χ3n) is 2.37. The van der Waals surface area contributed by atoms with Gasteiger partial charge in [-0.2, -0.15) is 8.42 Å². The summed E-state index contributed by atoms with van der Waals surface area (Å²) in [6.45, 7) is 3.06. The molecule has 0 radical (unpaired) electrons. The lowest BCUT2D eigenvalue weighted by atomic mass is 10.2. The Bertz CT molecular complexity index is 749. The third-order valence-corrected chi connectivity index (χ3v) is 2.37. The van der Waals surface area contributed by atoms with E-state index in [1.54, 1.807) is 5.01 Å². The van der Waals surface area contributed by atoms with Gasteiger partial charge in [0.05, 0.1) is 11.4 Å². The Morgan fingerprint density at radius 3 is 1.44 bits per heavy atom. The summed E-state index contributed by atoms with van der Waals surface area (Å²) < 4.78 is 31.6. The van der Waals surface area contributed by atoms with Crippen molar-refractivity contribution in [2.24, 2.45) is 5.84 Å². The number of hydrogen-bond acceptors (Lipinski definition) is 6. The Hall–Kier alpha value is -2.99. The maximum absolute atomic E-state index is 11.4. The standard InChI is InChI=1S/C13H14N4O.C3H6O.H2O4S/c14-15-13(18)16-17(11-7-3-1-4-8-11)12-9-5-2-6-10-12;1-3(2)4;1-5(2,3)4/h1-10H,14H2,(H2,15,16,18);1-2H3;(H2,1,2,3,4). The average Bonchev–Trinajstić information content (AvgIpc) is 2.59. The number of amides is 2. The number of carbonyl (C=O) groups is 2. The Morgan fingerprint density at radius 2 is 1.19 bits per heavy atom. The van der Waals surface area contributed by atoms with Gasteiger partial charge in [0, 0.05) is 0 Å². The molecule has 0 unspecified atom stereocenters. The van der Waals surface area contributed by atoms with E-state index in [1.165, 1.54) is 13.8 Å². The zero-order chi connectivity index (χ0) is 20.9. The maximum Gasteiger partial charge on any atom is 0.394 e. The van der Waals surface area contributed by atoms with E-state index in [0.717, 1.165) is 11.4 Å². The molecule has 148 valence electrons. The number of ketones is 1. The van der Waals surface area contributed by atoms with Crippen molar-refractivity contribution in [1.82, 2.24) is 10.9 Å². The van der Waals surface area contributed by atoms with Gasteiger partial charge in [0.2, 0.25) is 0 Å². The van der Waals surface area contributed by atoms with Crippen molar-refractivity contribution in [3.8, 4) is 0 Å². The fraction of sp³-hybridized carbons (Fsp3) is 0.125. The Labute approximate surface area is 157 Å². The minimum atomic E-state index is -4.67. The van der Waals surface area contributed by atoms with Crippen LogP contribution in [0.4, 0.5) is 16.2 Å². The average molecular weight is 398 g/mol. The van der Waals surface area contributed by atoms with Gasteiger partial charge in [-0.05, 0) is 38.1 Å². The first kappa shape index (κ1) is 24.0. The lowest BCUT2D eigenvalue weighted by Gasteiger charge is -2.24. The monoisotopic (exact) mass is 398 g/mol. The molecule has 10 nitrogen and oxygen atoms in total. The molecule has 0 saturated heterocycles. The van der Waals surface area contributed by atoms with Crippen molar-refractivity contribution in [3.63, 3.8) is 0 Å². The van der Waals surface area contributed by atoms with Gasteiger partial charge in [-0.3, -0.25) is 19.5 Å². The second kappa shape index (κ2) is 12.4. The Kier molecular flexibility index (Phi) is 11.0. The van der Waals surface area contributed by atoms with Crippen LogP contribution in [-0.4, -0.2) is 29.3 Å². The summed E-state index contributed by atoms with van der Waals surface area (Å²) in [5.41, 5.74) is 6.38. The maximum atomic E-state index is 11.4. The van der Waals surface area contributed by atoms with Crippen molar-refractivity contribution in [1.29, 1.82) is 0 Å². The van der Waals surface area contributed by atoms with Crippen molar-refractivity contribution in [3.05, 3.63) is 60.7 Å². The molecule has 2 aromatic carbocycles. The number of hydrogen-bond donors (Lipinski definition) is 5. The fourth-order valence-electron chi connectivity index (χ4n) is 1.57. The van der Waals surface area contributed by atoms with Gasteiger partial charge in [0.1, 0.15) is 5.78 Å². The predicted molar refractivity (Wildman–Crippen MR) is 101 cm³/mol. The second-order valence-electron chi connectivity index (χ2n) is 4.95. The van der Waals surface area contributed by atoms with E-state index in [0.29, 0.717) is 0 Å². The summed E-state index contributed by atoms with van der Waals surface area (Å²) >= 11 is 0. The van der Waals surface area contributed by atoms with Crippen LogP contribution >= 0.6 is 0 Å². The van der Waals surface area contributed by atoms with Gasteiger partial charge >= 0.3 is 16.4 Å². The molecule has 11 heteroatoms. The molecule has 0 aromatic heterocycles. The van der Waals surface area contributed by atoms with Gasteiger partial charge in [-0.1, -0.05) is 36.4 Å². The number of anilines is 2. The topological polar surface area (TPSA) is 162 Å². The lowest BCUT2D eigenvalue weighted by molar-refractivity contribution is -0.115. The number of urea groups is 1. The molecule has 0 fully saturated rings. The van der Waals surface area contributed by atoms with E-state index in [9.17, 15) is 9.59 Å². The first-order valence-corrected chi connectivity index (χ1v) is 8.78. The summed E-state index contributed by atoms with van der Waals surface area (Å²) in [6, 6.07) is 18.5. The van der Waals surface area contributed by atoms with Gasteiger partial charge < -0.3 is 4.79 Å². The molecule has 0 atom stereocenters. The molecule has 6 N–H and O–H groups in total. The first-order chi connectivity index (χ1) is 12.5. The highest BCUT2D eigenvalue weighted by molar-refractivity contribution is 7.79. The van der Waals surface area contributed by atoms with Crippen LogP contribution in [-0.2, 0) is 15.2 Å². The number of nitrogens with two attached hydrogens (primary N) is 1. The summed E-state index contributed by atoms with van der Waals surface area (Å²) in [6.07, 6.45) is 0. The van der Waals surface area contributed by atoms with E-state index in [2.05, 4.69) is 5.43 Å². The van der Waals surface area contributed by atoms with E-state index in [4.69, 9.17) is 23.4 Å². The summed E-state index contributed by atoms with van der Waals surface area (Å²) in [5, 5.41) is 1.65. The quantitative estimate of drug-likeness (QED) is 0.226. The molecule has 0 saturated carbocycles. The number of rotatable bonds is 3.